The van der Waals surface area contributed by atoms with Crippen LogP contribution in [0.15, 0.2) is 0 Å². The third-order valence-corrected chi connectivity index (χ3v) is 7.24. The summed E-state index contributed by atoms with van der Waals surface area (Å²) in [5.74, 6) is -0.508. The summed E-state index contributed by atoms with van der Waals surface area (Å²) >= 11 is 1.06. The van der Waals surface area contributed by atoms with Gasteiger partial charge in [0.1, 0.15) is 9.88 Å². The fourth-order valence-electron chi connectivity index (χ4n) is 4.70. The van der Waals surface area contributed by atoms with Crippen molar-refractivity contribution in [3.05, 3.63) is 16.0 Å². The van der Waals surface area contributed by atoms with Crippen LogP contribution in [0.4, 0.5) is 5.00 Å². The minimum Gasteiger partial charge on any atom is -0.465 e. The van der Waals surface area contributed by atoms with Gasteiger partial charge in [0.25, 0.3) is 5.91 Å². The zero-order valence-electron chi connectivity index (χ0n) is 16.8. The summed E-state index contributed by atoms with van der Waals surface area (Å²) in [6, 6.07) is 0.559. The number of rotatable bonds is 5. The highest BCUT2D eigenvalue weighted by Gasteiger charge is 2.37. The number of amides is 1. The molecule has 3 atom stereocenters. The van der Waals surface area contributed by atoms with Crippen molar-refractivity contribution in [1.29, 1.82) is 0 Å². The number of hydrogen-bond acceptors (Lipinski definition) is 6. The molecule has 8 heteroatoms. The van der Waals surface area contributed by atoms with E-state index in [4.69, 9.17) is 9.47 Å². The molecule has 7 nitrogen and oxygen atoms in total. The van der Waals surface area contributed by atoms with Crippen molar-refractivity contribution in [3.63, 3.8) is 0 Å². The summed E-state index contributed by atoms with van der Waals surface area (Å²) in [6.07, 6.45) is 7.43. The maximum absolute atomic E-state index is 12.8. The first-order valence-corrected chi connectivity index (χ1v) is 10.7. The summed E-state index contributed by atoms with van der Waals surface area (Å²) < 4.78 is 9.63. The highest BCUT2D eigenvalue weighted by atomic mass is 32.1. The lowest BCUT2D eigenvalue weighted by molar-refractivity contribution is -0.928. The van der Waals surface area contributed by atoms with E-state index in [0.717, 1.165) is 30.2 Å². The molecule has 3 rings (SSSR count). The van der Waals surface area contributed by atoms with Gasteiger partial charge < -0.3 is 19.7 Å². The number of anilines is 1. The molecular formula is C20H29N2O5S+. The predicted octanol–water partition coefficient (Wildman–Crippen LogP) is 1.81. The molecule has 2 heterocycles. The van der Waals surface area contributed by atoms with Gasteiger partial charge in [-0.1, -0.05) is 6.42 Å². The number of likely N-dealkylation sites (tertiary alicyclic amines) is 1. The standard InChI is InChI=1S/C20H28N2O5S/c1-12-16(19(24)26-2)18(28-17(12)20(25)27-3)21-15(23)11-22-10-6-8-13-7-4-5-9-14(13)22/h13-14H,4-11H2,1-3H3,(H,21,23)/p+1/t13-,14+/m1/s1. The summed E-state index contributed by atoms with van der Waals surface area (Å²) in [6.45, 7) is 3.05. The minimum absolute atomic E-state index is 0.135. The molecule has 0 bridgehead atoms. The average Bonchev–Trinajstić information content (AvgIpc) is 3.02. The van der Waals surface area contributed by atoms with Gasteiger partial charge in [-0.05, 0) is 44.6 Å². The van der Waals surface area contributed by atoms with Gasteiger partial charge in [-0.15, -0.1) is 11.3 Å². The minimum atomic E-state index is -0.572. The molecule has 1 aliphatic heterocycles. The predicted molar refractivity (Wildman–Crippen MR) is 106 cm³/mol. The van der Waals surface area contributed by atoms with Crippen LogP contribution in [0.5, 0.6) is 0 Å². The SMILES string of the molecule is COC(=O)c1sc(NC(=O)C[NH+]2CCC[C@H]3CCCC[C@@H]32)c(C(=O)OC)c1C. The Kier molecular flexibility index (Phi) is 6.72. The second-order valence-electron chi connectivity index (χ2n) is 7.67. The first kappa shape index (κ1) is 20.8. The number of methoxy groups -OCH3 is 2. The van der Waals surface area contributed by atoms with Crippen molar-refractivity contribution in [2.75, 3.05) is 32.6 Å². The monoisotopic (exact) mass is 409 g/mol. The number of quaternary nitrogens is 1. The lowest BCUT2D eigenvalue weighted by Gasteiger charge is -2.40. The molecule has 0 radical (unpaired) electrons. The van der Waals surface area contributed by atoms with Crippen LogP contribution in [0.3, 0.4) is 0 Å². The number of carbonyl (C=O) groups is 3. The number of hydrogen-bond donors (Lipinski definition) is 2. The van der Waals surface area contributed by atoms with Gasteiger partial charge in [0.05, 0.1) is 32.4 Å². The number of nitrogens with one attached hydrogen (secondary N) is 2. The Morgan fingerprint density at radius 3 is 2.46 bits per heavy atom. The molecule has 0 aromatic carbocycles. The molecule has 2 aliphatic rings. The molecule has 0 spiro atoms. The number of carbonyl (C=O) groups excluding carboxylic acids is 3. The van der Waals surface area contributed by atoms with Crippen molar-refractivity contribution < 1.29 is 28.8 Å². The van der Waals surface area contributed by atoms with Gasteiger partial charge in [-0.25, -0.2) is 9.59 Å². The van der Waals surface area contributed by atoms with Crippen LogP contribution in [-0.4, -0.2) is 51.2 Å². The third-order valence-electron chi connectivity index (χ3n) is 6.05. The van der Waals surface area contributed by atoms with Crippen LogP contribution >= 0.6 is 11.3 Å². The molecule has 1 saturated carbocycles. The van der Waals surface area contributed by atoms with E-state index in [2.05, 4.69) is 5.32 Å². The normalized spacial score (nSPS) is 24.2. The fraction of sp³-hybridized carbons (Fsp3) is 0.650. The molecule has 2 N–H and O–H groups in total. The second-order valence-corrected chi connectivity index (χ2v) is 8.69. The molecule has 1 amide bonds. The van der Waals surface area contributed by atoms with Gasteiger partial charge in [0, 0.05) is 5.92 Å². The van der Waals surface area contributed by atoms with Gasteiger partial charge in [0.15, 0.2) is 6.54 Å². The summed E-state index contributed by atoms with van der Waals surface area (Å²) in [5, 5.41) is 3.21. The Labute approximate surface area is 169 Å². The van der Waals surface area contributed by atoms with Crippen LogP contribution in [0.25, 0.3) is 0 Å². The smallest absolute Gasteiger partial charge is 0.348 e. The topological polar surface area (TPSA) is 86.1 Å². The molecule has 1 aromatic rings. The highest BCUT2D eigenvalue weighted by Crippen LogP contribution is 2.34. The second kappa shape index (κ2) is 9.05. The van der Waals surface area contributed by atoms with Crippen molar-refractivity contribution in [2.24, 2.45) is 5.92 Å². The Morgan fingerprint density at radius 2 is 1.75 bits per heavy atom. The van der Waals surface area contributed by atoms with Crippen LogP contribution in [0.1, 0.15) is 64.1 Å². The molecule has 1 unspecified atom stereocenters. The van der Waals surface area contributed by atoms with Crippen molar-refractivity contribution in [1.82, 2.24) is 0 Å². The highest BCUT2D eigenvalue weighted by molar-refractivity contribution is 7.18. The van der Waals surface area contributed by atoms with Crippen molar-refractivity contribution in [2.45, 2.75) is 51.5 Å². The van der Waals surface area contributed by atoms with E-state index in [1.165, 1.54) is 51.2 Å². The van der Waals surface area contributed by atoms with Crippen LogP contribution < -0.4 is 10.2 Å². The van der Waals surface area contributed by atoms with Gasteiger partial charge in [-0.3, -0.25) is 4.79 Å². The zero-order chi connectivity index (χ0) is 20.3. The Morgan fingerprint density at radius 1 is 1.07 bits per heavy atom. The Hall–Kier alpha value is -1.93. The van der Waals surface area contributed by atoms with E-state index in [1.54, 1.807) is 6.92 Å². The number of esters is 2. The maximum Gasteiger partial charge on any atom is 0.348 e. The van der Waals surface area contributed by atoms with Gasteiger partial charge in [0.2, 0.25) is 0 Å². The van der Waals surface area contributed by atoms with E-state index in [0.29, 0.717) is 28.0 Å². The molecule has 28 heavy (non-hydrogen) atoms. The number of fused-ring (bicyclic) bond motifs is 1. The van der Waals surface area contributed by atoms with Gasteiger partial charge >= 0.3 is 11.9 Å². The average molecular weight is 410 g/mol. The largest absolute Gasteiger partial charge is 0.465 e. The first-order chi connectivity index (χ1) is 13.5. The third kappa shape index (κ3) is 4.22. The lowest BCUT2D eigenvalue weighted by atomic mass is 9.78. The molecule has 1 saturated heterocycles. The van der Waals surface area contributed by atoms with E-state index >= 15 is 0 Å². The zero-order valence-corrected chi connectivity index (χ0v) is 17.6. The molecule has 1 aromatic heterocycles. The maximum atomic E-state index is 12.8. The van der Waals surface area contributed by atoms with Crippen molar-refractivity contribution in [3.8, 4) is 0 Å². The summed E-state index contributed by atoms with van der Waals surface area (Å²) in [4.78, 5) is 38.6. The van der Waals surface area contributed by atoms with Crippen molar-refractivity contribution >= 4 is 34.2 Å². The quantitative estimate of drug-likeness (QED) is 0.725. The Balaban J connectivity index is 1.76. The summed E-state index contributed by atoms with van der Waals surface area (Å²) in [5.41, 5.74) is 0.696. The number of thiophene rings is 1. The summed E-state index contributed by atoms with van der Waals surface area (Å²) in [7, 11) is 2.57. The van der Waals surface area contributed by atoms with Crippen LogP contribution in [-0.2, 0) is 14.3 Å². The first-order valence-electron chi connectivity index (χ1n) is 9.90. The molecular weight excluding hydrogens is 380 g/mol. The fourth-order valence-corrected chi connectivity index (χ4v) is 5.83. The van der Waals surface area contributed by atoms with Crippen LogP contribution in [0, 0.1) is 12.8 Å². The Bertz CT molecular complexity index is 758. The number of ether oxygens (including phenoxy) is 2. The number of piperidine rings is 1. The molecule has 1 aliphatic carbocycles. The lowest BCUT2D eigenvalue weighted by Crippen LogP contribution is -3.18. The van der Waals surface area contributed by atoms with E-state index in [1.807, 2.05) is 0 Å². The molecule has 154 valence electrons. The van der Waals surface area contributed by atoms with E-state index in [9.17, 15) is 14.4 Å². The van der Waals surface area contributed by atoms with Crippen LogP contribution in [0.2, 0.25) is 0 Å². The van der Waals surface area contributed by atoms with Gasteiger partial charge in [-0.2, -0.15) is 0 Å². The molecule has 2 fully saturated rings. The van der Waals surface area contributed by atoms with E-state index in [-0.39, 0.29) is 11.5 Å². The van der Waals surface area contributed by atoms with E-state index < -0.39 is 11.9 Å².